The van der Waals surface area contributed by atoms with Gasteiger partial charge in [0.15, 0.2) is 5.82 Å². The molecule has 19 heavy (non-hydrogen) atoms. The Hall–Kier alpha value is -2.44. The van der Waals surface area contributed by atoms with E-state index >= 15 is 0 Å². The number of nitro groups is 1. The molecule has 2 rings (SSSR count). The summed E-state index contributed by atoms with van der Waals surface area (Å²) in [5.41, 5.74) is 7.34. The maximum absolute atomic E-state index is 11.2. The largest absolute Gasteiger partial charge is 0.399 e. The zero-order valence-corrected chi connectivity index (χ0v) is 10.8. The van der Waals surface area contributed by atoms with Gasteiger partial charge in [-0.05, 0) is 18.9 Å². The summed E-state index contributed by atoms with van der Waals surface area (Å²) in [5.74, 6) is 0.500. The Morgan fingerprint density at radius 2 is 2.16 bits per heavy atom. The van der Waals surface area contributed by atoms with Crippen LogP contribution in [-0.2, 0) is 12.8 Å². The van der Waals surface area contributed by atoms with Crippen molar-refractivity contribution in [3.8, 4) is 5.82 Å². The number of nitrogen functional groups attached to an aromatic ring is 1. The Bertz CT molecular complexity index is 621. The lowest BCUT2D eigenvalue weighted by Crippen LogP contribution is -2.05. The van der Waals surface area contributed by atoms with Gasteiger partial charge in [0.1, 0.15) is 11.4 Å². The first-order chi connectivity index (χ1) is 9.08. The number of aromatic nitrogens is 3. The summed E-state index contributed by atoms with van der Waals surface area (Å²) in [6.07, 6.45) is 2.56. The average molecular weight is 261 g/mol. The quantitative estimate of drug-likeness (QED) is 0.669. The van der Waals surface area contributed by atoms with Gasteiger partial charge in [-0.25, -0.2) is 9.67 Å². The van der Waals surface area contributed by atoms with Crippen molar-refractivity contribution >= 4 is 11.4 Å². The molecule has 0 aliphatic carbocycles. The summed E-state index contributed by atoms with van der Waals surface area (Å²) in [5, 5.41) is 15.5. The molecule has 0 spiro atoms. The Morgan fingerprint density at radius 1 is 1.42 bits per heavy atom. The number of nitrogens with two attached hydrogens (primary N) is 1. The fourth-order valence-electron chi connectivity index (χ4n) is 2.00. The normalized spacial score (nSPS) is 10.6. The molecule has 7 nitrogen and oxygen atoms in total. The monoisotopic (exact) mass is 261 g/mol. The van der Waals surface area contributed by atoms with Gasteiger partial charge in [0.05, 0.1) is 4.92 Å². The van der Waals surface area contributed by atoms with Crippen molar-refractivity contribution in [2.45, 2.75) is 26.7 Å². The third kappa shape index (κ3) is 2.26. The fraction of sp³-hybridized carbons (Fsp3) is 0.333. The van der Waals surface area contributed by atoms with Gasteiger partial charge in [-0.3, -0.25) is 10.1 Å². The zero-order chi connectivity index (χ0) is 14.0. The molecule has 0 bridgehead atoms. The second-order valence-corrected chi connectivity index (χ2v) is 4.07. The van der Waals surface area contributed by atoms with Crippen LogP contribution < -0.4 is 5.73 Å². The first kappa shape index (κ1) is 13.0. The van der Waals surface area contributed by atoms with Gasteiger partial charge in [-0.15, -0.1) is 0 Å². The van der Waals surface area contributed by atoms with Gasteiger partial charge in [0.25, 0.3) is 0 Å². The lowest BCUT2D eigenvalue weighted by atomic mass is 10.2. The predicted molar refractivity (Wildman–Crippen MR) is 71.2 cm³/mol. The molecule has 100 valence electrons. The van der Waals surface area contributed by atoms with E-state index in [1.807, 2.05) is 13.8 Å². The number of nitrogens with zero attached hydrogens (tertiary/aromatic N) is 4. The van der Waals surface area contributed by atoms with Crippen molar-refractivity contribution in [1.29, 1.82) is 0 Å². The minimum Gasteiger partial charge on any atom is -0.399 e. The molecule has 2 aromatic rings. The van der Waals surface area contributed by atoms with Crippen LogP contribution in [0.4, 0.5) is 11.4 Å². The van der Waals surface area contributed by atoms with Crippen LogP contribution in [0.5, 0.6) is 0 Å². The van der Waals surface area contributed by atoms with Crippen LogP contribution in [0.25, 0.3) is 5.82 Å². The molecule has 0 radical (unpaired) electrons. The molecule has 0 saturated carbocycles. The molecular formula is C12H15N5O2. The van der Waals surface area contributed by atoms with Crippen molar-refractivity contribution in [3.05, 3.63) is 39.8 Å². The number of anilines is 1. The fourth-order valence-corrected chi connectivity index (χ4v) is 2.00. The predicted octanol–water partition coefficient (Wildman–Crippen LogP) is 1.88. The van der Waals surface area contributed by atoms with Gasteiger partial charge >= 0.3 is 5.69 Å². The molecule has 0 fully saturated rings. The summed E-state index contributed by atoms with van der Waals surface area (Å²) in [4.78, 5) is 15.0. The van der Waals surface area contributed by atoms with Crippen molar-refractivity contribution in [2.75, 3.05) is 5.73 Å². The molecule has 7 heteroatoms. The van der Waals surface area contributed by atoms with E-state index in [1.54, 1.807) is 18.3 Å². The number of rotatable bonds is 4. The van der Waals surface area contributed by atoms with Crippen LogP contribution in [0, 0.1) is 10.1 Å². The second kappa shape index (κ2) is 5.05. The van der Waals surface area contributed by atoms with Crippen LogP contribution in [-0.4, -0.2) is 19.7 Å². The molecule has 0 saturated heterocycles. The van der Waals surface area contributed by atoms with Crippen molar-refractivity contribution in [3.63, 3.8) is 0 Å². The summed E-state index contributed by atoms with van der Waals surface area (Å²) in [6, 6.07) is 3.31. The Kier molecular flexibility index (Phi) is 3.46. The SMILES string of the molecule is CCc1nn(-c2cc(N)ccn2)c(CC)c1[N+](=O)[O-]. The Morgan fingerprint density at radius 3 is 2.68 bits per heavy atom. The van der Waals surface area contributed by atoms with Gasteiger partial charge in [0, 0.05) is 18.0 Å². The average Bonchev–Trinajstić information content (AvgIpc) is 2.77. The van der Waals surface area contributed by atoms with E-state index < -0.39 is 0 Å². The smallest absolute Gasteiger partial charge is 0.313 e. The highest BCUT2D eigenvalue weighted by Gasteiger charge is 2.26. The summed E-state index contributed by atoms with van der Waals surface area (Å²) in [7, 11) is 0. The van der Waals surface area contributed by atoms with Crippen LogP contribution in [0.1, 0.15) is 25.2 Å². The van der Waals surface area contributed by atoms with Crippen LogP contribution >= 0.6 is 0 Å². The zero-order valence-electron chi connectivity index (χ0n) is 10.8. The third-order valence-corrected chi connectivity index (χ3v) is 2.86. The van der Waals surface area contributed by atoms with E-state index in [1.165, 1.54) is 4.68 Å². The maximum Gasteiger partial charge on any atom is 0.313 e. The van der Waals surface area contributed by atoms with E-state index in [2.05, 4.69) is 10.1 Å². The molecule has 0 aromatic carbocycles. The lowest BCUT2D eigenvalue weighted by Gasteiger charge is -2.04. The van der Waals surface area contributed by atoms with Crippen LogP contribution in [0.3, 0.4) is 0 Å². The van der Waals surface area contributed by atoms with Gasteiger partial charge in [-0.2, -0.15) is 5.10 Å². The van der Waals surface area contributed by atoms with E-state index in [0.29, 0.717) is 35.7 Å². The number of pyridine rings is 1. The Balaban J connectivity index is 2.67. The van der Waals surface area contributed by atoms with Gasteiger partial charge in [-0.1, -0.05) is 13.8 Å². The van der Waals surface area contributed by atoms with Crippen molar-refractivity contribution in [2.24, 2.45) is 0 Å². The minimum absolute atomic E-state index is 0.0780. The van der Waals surface area contributed by atoms with E-state index in [9.17, 15) is 10.1 Å². The highest BCUT2D eigenvalue weighted by Crippen LogP contribution is 2.26. The number of hydrogen-bond acceptors (Lipinski definition) is 5. The first-order valence-electron chi connectivity index (χ1n) is 6.05. The molecule has 2 heterocycles. The second-order valence-electron chi connectivity index (χ2n) is 4.07. The molecule has 0 aliphatic rings. The van der Waals surface area contributed by atoms with E-state index in [4.69, 9.17) is 5.73 Å². The number of hydrogen-bond donors (Lipinski definition) is 1. The highest BCUT2D eigenvalue weighted by molar-refractivity contribution is 5.48. The standard InChI is InChI=1S/C12H15N5O2/c1-3-9-12(17(18)19)10(4-2)16(15-9)11-7-8(13)5-6-14-11/h5-7H,3-4H2,1-2H3,(H2,13,14). The molecule has 0 aliphatic heterocycles. The molecule has 2 N–H and O–H groups in total. The molecule has 0 amide bonds. The van der Waals surface area contributed by atoms with E-state index in [0.717, 1.165) is 0 Å². The highest BCUT2D eigenvalue weighted by atomic mass is 16.6. The van der Waals surface area contributed by atoms with Crippen molar-refractivity contribution in [1.82, 2.24) is 14.8 Å². The van der Waals surface area contributed by atoms with Gasteiger partial charge in [0.2, 0.25) is 0 Å². The maximum atomic E-state index is 11.2. The van der Waals surface area contributed by atoms with Crippen molar-refractivity contribution < 1.29 is 4.92 Å². The molecular weight excluding hydrogens is 246 g/mol. The Labute approximate surface area is 110 Å². The first-order valence-corrected chi connectivity index (χ1v) is 6.05. The van der Waals surface area contributed by atoms with Gasteiger partial charge < -0.3 is 5.73 Å². The lowest BCUT2D eigenvalue weighted by molar-refractivity contribution is -0.386. The van der Waals surface area contributed by atoms with Crippen LogP contribution in [0.15, 0.2) is 18.3 Å². The summed E-state index contributed by atoms with van der Waals surface area (Å²) >= 11 is 0. The van der Waals surface area contributed by atoms with Crippen LogP contribution in [0.2, 0.25) is 0 Å². The molecule has 2 aromatic heterocycles. The minimum atomic E-state index is -0.381. The molecule has 0 atom stereocenters. The summed E-state index contributed by atoms with van der Waals surface area (Å²) < 4.78 is 1.51. The number of aryl methyl sites for hydroxylation is 1. The topological polar surface area (TPSA) is 99.9 Å². The molecule has 0 unspecified atom stereocenters. The third-order valence-electron chi connectivity index (χ3n) is 2.86. The van der Waals surface area contributed by atoms with E-state index in [-0.39, 0.29) is 10.6 Å². The summed E-state index contributed by atoms with van der Waals surface area (Å²) in [6.45, 7) is 3.69.